The van der Waals surface area contributed by atoms with E-state index in [1.54, 1.807) is 0 Å². The van der Waals surface area contributed by atoms with Crippen molar-refractivity contribution in [2.45, 2.75) is 47.1 Å². The van der Waals surface area contributed by atoms with Crippen LogP contribution in [-0.2, 0) is 17.8 Å². The molecule has 0 saturated heterocycles. The minimum Gasteiger partial charge on any atom is -0.326 e. The SMILES string of the molecule is CC(CC(=O)Nc1ccc2c(c1)CNCC2)C(C)(C)C.Cl. The number of carbonyl (C=O) groups excluding carboxylic acids is 1. The number of halogens is 1. The monoisotopic (exact) mass is 310 g/mol. The molecule has 0 saturated carbocycles. The van der Waals surface area contributed by atoms with Gasteiger partial charge in [-0.2, -0.15) is 0 Å². The van der Waals surface area contributed by atoms with Crippen molar-refractivity contribution in [1.29, 1.82) is 0 Å². The van der Waals surface area contributed by atoms with Gasteiger partial charge in [-0.1, -0.05) is 33.8 Å². The minimum atomic E-state index is 0. The molecule has 118 valence electrons. The highest BCUT2D eigenvalue weighted by Crippen LogP contribution is 2.28. The van der Waals surface area contributed by atoms with Crippen molar-refractivity contribution in [1.82, 2.24) is 5.32 Å². The molecule has 0 fully saturated rings. The first-order valence-electron chi connectivity index (χ1n) is 7.48. The maximum Gasteiger partial charge on any atom is 0.224 e. The van der Waals surface area contributed by atoms with Gasteiger partial charge in [0.1, 0.15) is 0 Å². The molecule has 2 N–H and O–H groups in total. The van der Waals surface area contributed by atoms with Gasteiger partial charge in [0, 0.05) is 18.7 Å². The first-order valence-corrected chi connectivity index (χ1v) is 7.48. The average Bonchev–Trinajstić information content (AvgIpc) is 2.37. The van der Waals surface area contributed by atoms with Gasteiger partial charge in [0.2, 0.25) is 5.91 Å². The summed E-state index contributed by atoms with van der Waals surface area (Å²) < 4.78 is 0. The molecule has 0 aliphatic carbocycles. The molecule has 1 aromatic carbocycles. The second kappa shape index (κ2) is 7.28. The lowest BCUT2D eigenvalue weighted by Crippen LogP contribution is -2.25. The van der Waals surface area contributed by atoms with E-state index in [1.165, 1.54) is 11.1 Å². The Kier molecular flexibility index (Phi) is 6.24. The summed E-state index contributed by atoms with van der Waals surface area (Å²) in [6.45, 7) is 10.6. The number of carbonyl (C=O) groups is 1. The first kappa shape index (κ1) is 18.0. The fourth-order valence-corrected chi connectivity index (χ4v) is 2.35. The number of fused-ring (bicyclic) bond motifs is 1. The molecule has 3 nitrogen and oxygen atoms in total. The Bertz CT molecular complexity index is 494. The number of rotatable bonds is 3. The lowest BCUT2D eigenvalue weighted by atomic mass is 9.80. The third-order valence-electron chi connectivity index (χ3n) is 4.35. The second-order valence-corrected chi connectivity index (χ2v) is 6.93. The van der Waals surface area contributed by atoms with E-state index in [4.69, 9.17) is 0 Å². The van der Waals surface area contributed by atoms with Gasteiger partial charge in [-0.15, -0.1) is 12.4 Å². The zero-order valence-corrected chi connectivity index (χ0v) is 14.3. The summed E-state index contributed by atoms with van der Waals surface area (Å²) in [6, 6.07) is 6.25. The Morgan fingerprint density at radius 1 is 1.33 bits per heavy atom. The Labute approximate surface area is 134 Å². The van der Waals surface area contributed by atoms with Gasteiger partial charge in [-0.25, -0.2) is 0 Å². The van der Waals surface area contributed by atoms with Crippen molar-refractivity contribution >= 4 is 24.0 Å². The number of anilines is 1. The third-order valence-corrected chi connectivity index (χ3v) is 4.35. The molecule has 0 aromatic heterocycles. The highest BCUT2D eigenvalue weighted by molar-refractivity contribution is 5.91. The summed E-state index contributed by atoms with van der Waals surface area (Å²) in [7, 11) is 0. The van der Waals surface area contributed by atoms with Crippen molar-refractivity contribution < 1.29 is 4.79 Å². The summed E-state index contributed by atoms with van der Waals surface area (Å²) >= 11 is 0. The van der Waals surface area contributed by atoms with Gasteiger partial charge in [-0.05, 0) is 47.6 Å². The van der Waals surface area contributed by atoms with Gasteiger partial charge in [0.15, 0.2) is 0 Å². The highest BCUT2D eigenvalue weighted by atomic mass is 35.5. The molecule has 1 amide bonds. The molecule has 1 atom stereocenters. The van der Waals surface area contributed by atoms with E-state index in [0.29, 0.717) is 12.3 Å². The number of benzene rings is 1. The third kappa shape index (κ3) is 5.01. The van der Waals surface area contributed by atoms with Crippen molar-refractivity contribution in [2.75, 3.05) is 11.9 Å². The molecule has 2 rings (SSSR count). The normalized spacial score (nSPS) is 15.6. The van der Waals surface area contributed by atoms with Crippen LogP contribution in [0.3, 0.4) is 0 Å². The van der Waals surface area contributed by atoms with E-state index in [0.717, 1.165) is 25.2 Å². The number of hydrogen-bond acceptors (Lipinski definition) is 2. The Hall–Kier alpha value is -1.06. The van der Waals surface area contributed by atoms with Crippen LogP contribution in [0, 0.1) is 11.3 Å². The smallest absolute Gasteiger partial charge is 0.224 e. The van der Waals surface area contributed by atoms with E-state index in [2.05, 4.69) is 50.5 Å². The Balaban J connectivity index is 0.00000220. The fraction of sp³-hybridized carbons (Fsp3) is 0.588. The van der Waals surface area contributed by atoms with Crippen LogP contribution in [0.15, 0.2) is 18.2 Å². The van der Waals surface area contributed by atoms with Gasteiger partial charge >= 0.3 is 0 Å². The van der Waals surface area contributed by atoms with E-state index < -0.39 is 0 Å². The molecule has 0 spiro atoms. The minimum absolute atomic E-state index is 0. The number of amides is 1. The van der Waals surface area contributed by atoms with E-state index in [9.17, 15) is 4.79 Å². The predicted octanol–water partition coefficient (Wildman–Crippen LogP) is 3.76. The summed E-state index contributed by atoms with van der Waals surface area (Å²) in [6.07, 6.45) is 1.64. The first-order chi connectivity index (χ1) is 9.36. The molecule has 21 heavy (non-hydrogen) atoms. The standard InChI is InChI=1S/C17H26N2O.ClH/c1-12(17(2,3)4)9-16(20)19-15-6-5-13-7-8-18-11-14(13)10-15;/h5-6,10,12,18H,7-9,11H2,1-4H3,(H,19,20);1H. The van der Waals surface area contributed by atoms with Gasteiger partial charge in [-0.3, -0.25) is 4.79 Å². The van der Waals surface area contributed by atoms with Crippen LogP contribution in [0.4, 0.5) is 5.69 Å². The Morgan fingerprint density at radius 2 is 2.05 bits per heavy atom. The molecule has 1 aromatic rings. The predicted molar refractivity (Wildman–Crippen MR) is 91.0 cm³/mol. The maximum absolute atomic E-state index is 12.1. The van der Waals surface area contributed by atoms with E-state index in [1.807, 2.05) is 6.07 Å². The largest absolute Gasteiger partial charge is 0.326 e. The molecule has 0 radical (unpaired) electrons. The zero-order chi connectivity index (χ0) is 14.8. The lowest BCUT2D eigenvalue weighted by molar-refractivity contribution is -0.117. The van der Waals surface area contributed by atoms with Crippen molar-refractivity contribution in [2.24, 2.45) is 11.3 Å². The second-order valence-electron chi connectivity index (χ2n) is 6.93. The molecule has 1 aliphatic rings. The zero-order valence-electron chi connectivity index (χ0n) is 13.5. The summed E-state index contributed by atoms with van der Waals surface area (Å²) in [5.41, 5.74) is 3.78. The molecule has 1 heterocycles. The van der Waals surface area contributed by atoms with E-state index in [-0.39, 0.29) is 23.7 Å². The van der Waals surface area contributed by atoms with Crippen molar-refractivity contribution in [3.8, 4) is 0 Å². The summed E-state index contributed by atoms with van der Waals surface area (Å²) in [4.78, 5) is 12.1. The van der Waals surface area contributed by atoms with Crippen LogP contribution >= 0.6 is 12.4 Å². The van der Waals surface area contributed by atoms with Crippen LogP contribution in [0.2, 0.25) is 0 Å². The molecule has 4 heteroatoms. The van der Waals surface area contributed by atoms with Gasteiger partial charge in [0.25, 0.3) is 0 Å². The molecular weight excluding hydrogens is 284 g/mol. The van der Waals surface area contributed by atoms with Crippen LogP contribution in [0.5, 0.6) is 0 Å². The molecule has 0 bridgehead atoms. The van der Waals surface area contributed by atoms with Gasteiger partial charge < -0.3 is 10.6 Å². The molecule has 1 unspecified atom stereocenters. The fourth-order valence-electron chi connectivity index (χ4n) is 2.35. The highest BCUT2D eigenvalue weighted by Gasteiger charge is 2.22. The number of nitrogens with one attached hydrogen (secondary N) is 2. The van der Waals surface area contributed by atoms with Crippen LogP contribution in [0.25, 0.3) is 0 Å². The average molecular weight is 311 g/mol. The lowest BCUT2D eigenvalue weighted by Gasteiger charge is -2.26. The number of hydrogen-bond donors (Lipinski definition) is 2. The van der Waals surface area contributed by atoms with E-state index >= 15 is 0 Å². The molecule has 1 aliphatic heterocycles. The van der Waals surface area contributed by atoms with Gasteiger partial charge in [0.05, 0.1) is 0 Å². The summed E-state index contributed by atoms with van der Waals surface area (Å²) in [5.74, 6) is 0.470. The summed E-state index contributed by atoms with van der Waals surface area (Å²) in [5, 5.41) is 6.39. The maximum atomic E-state index is 12.1. The Morgan fingerprint density at radius 3 is 2.71 bits per heavy atom. The molecular formula is C17H27ClN2O. The quantitative estimate of drug-likeness (QED) is 0.892. The van der Waals surface area contributed by atoms with Crippen molar-refractivity contribution in [3.05, 3.63) is 29.3 Å². The van der Waals surface area contributed by atoms with Crippen molar-refractivity contribution in [3.63, 3.8) is 0 Å². The van der Waals surface area contributed by atoms with Crippen LogP contribution in [0.1, 0.15) is 45.2 Å². The van der Waals surface area contributed by atoms with Crippen LogP contribution < -0.4 is 10.6 Å². The topological polar surface area (TPSA) is 41.1 Å². The van der Waals surface area contributed by atoms with Crippen LogP contribution in [-0.4, -0.2) is 12.5 Å².